The highest BCUT2D eigenvalue weighted by molar-refractivity contribution is 5.79. The Labute approximate surface area is 89.2 Å². The maximum atomic E-state index is 11.0. The summed E-state index contributed by atoms with van der Waals surface area (Å²) in [5, 5.41) is 0. The van der Waals surface area contributed by atoms with Crippen molar-refractivity contribution in [2.75, 3.05) is 32.7 Å². The normalized spacial score (nSPS) is 20.0. The number of carbonyl (C=O) groups is 2. The minimum Gasteiger partial charge on any atom is -0.368 e. The van der Waals surface area contributed by atoms with E-state index in [0.29, 0.717) is 19.6 Å². The lowest BCUT2D eigenvalue weighted by Crippen LogP contribution is -2.53. The predicted octanol–water partition coefficient (Wildman–Crippen LogP) is -2.04. The van der Waals surface area contributed by atoms with Crippen molar-refractivity contribution in [3.8, 4) is 0 Å². The molecule has 1 unspecified atom stereocenters. The van der Waals surface area contributed by atoms with Crippen molar-refractivity contribution < 1.29 is 9.59 Å². The summed E-state index contributed by atoms with van der Waals surface area (Å²) in [6.07, 6.45) is 0. The van der Waals surface area contributed by atoms with E-state index in [1.165, 1.54) is 0 Å². The number of primary amides is 1. The number of nitrogens with zero attached hydrogens (tertiary/aromatic N) is 2. The molecule has 0 aliphatic carbocycles. The molecule has 1 aliphatic rings. The van der Waals surface area contributed by atoms with Crippen LogP contribution >= 0.6 is 0 Å². The van der Waals surface area contributed by atoms with Gasteiger partial charge in [-0.1, -0.05) is 0 Å². The maximum absolute atomic E-state index is 11.0. The summed E-state index contributed by atoms with van der Waals surface area (Å²) in [4.78, 5) is 25.6. The van der Waals surface area contributed by atoms with Crippen molar-refractivity contribution in [2.45, 2.75) is 13.0 Å². The van der Waals surface area contributed by atoms with E-state index in [4.69, 9.17) is 11.5 Å². The zero-order valence-electron chi connectivity index (χ0n) is 8.98. The third-order valence-electron chi connectivity index (χ3n) is 2.64. The lowest BCUT2D eigenvalue weighted by Gasteiger charge is -2.34. The van der Waals surface area contributed by atoms with Crippen LogP contribution in [0.4, 0.5) is 0 Å². The lowest BCUT2D eigenvalue weighted by molar-refractivity contribution is -0.131. The molecule has 0 spiro atoms. The van der Waals surface area contributed by atoms with Gasteiger partial charge in [-0.15, -0.1) is 0 Å². The Bertz CT molecular complexity index is 248. The van der Waals surface area contributed by atoms with Gasteiger partial charge in [-0.3, -0.25) is 14.5 Å². The smallest absolute Gasteiger partial charge is 0.235 e. The van der Waals surface area contributed by atoms with E-state index >= 15 is 0 Å². The first-order chi connectivity index (χ1) is 7.00. The first kappa shape index (κ1) is 11.9. The van der Waals surface area contributed by atoms with Crippen LogP contribution < -0.4 is 11.5 Å². The molecule has 0 aromatic rings. The molecule has 1 fully saturated rings. The van der Waals surface area contributed by atoms with Gasteiger partial charge in [-0.25, -0.2) is 0 Å². The second kappa shape index (κ2) is 5.09. The topological polar surface area (TPSA) is 92.7 Å². The number of nitrogens with two attached hydrogens (primary N) is 2. The molecule has 6 heteroatoms. The molecule has 0 radical (unpaired) electrons. The molecule has 0 aromatic carbocycles. The van der Waals surface area contributed by atoms with E-state index in [1.807, 2.05) is 0 Å². The summed E-state index contributed by atoms with van der Waals surface area (Å²) >= 11 is 0. The molecule has 1 aliphatic heterocycles. The molecular weight excluding hydrogens is 196 g/mol. The SMILES string of the molecule is CC(=O)N1CCN(CC(N)C(N)=O)CC1. The third-order valence-corrected chi connectivity index (χ3v) is 2.64. The average Bonchev–Trinajstić information content (AvgIpc) is 2.18. The van der Waals surface area contributed by atoms with Crippen LogP contribution in [0.25, 0.3) is 0 Å². The predicted molar refractivity (Wildman–Crippen MR) is 55.9 cm³/mol. The van der Waals surface area contributed by atoms with E-state index in [-0.39, 0.29) is 5.91 Å². The summed E-state index contributed by atoms with van der Waals surface area (Å²) in [5.74, 6) is -0.391. The monoisotopic (exact) mass is 214 g/mol. The van der Waals surface area contributed by atoms with Gasteiger partial charge in [0.1, 0.15) is 0 Å². The summed E-state index contributed by atoms with van der Waals surface area (Å²) in [5.41, 5.74) is 10.6. The van der Waals surface area contributed by atoms with Crippen molar-refractivity contribution >= 4 is 11.8 Å². The van der Waals surface area contributed by atoms with Crippen LogP contribution in [-0.2, 0) is 9.59 Å². The fourth-order valence-electron chi connectivity index (χ4n) is 1.61. The maximum Gasteiger partial charge on any atom is 0.235 e. The van der Waals surface area contributed by atoms with Gasteiger partial charge in [0.25, 0.3) is 0 Å². The molecule has 1 atom stereocenters. The zero-order valence-corrected chi connectivity index (χ0v) is 8.98. The van der Waals surface area contributed by atoms with Gasteiger partial charge in [0.15, 0.2) is 0 Å². The van der Waals surface area contributed by atoms with E-state index in [1.54, 1.807) is 11.8 Å². The van der Waals surface area contributed by atoms with Gasteiger partial charge in [0.05, 0.1) is 6.04 Å². The van der Waals surface area contributed by atoms with Crippen LogP contribution in [-0.4, -0.2) is 60.4 Å². The molecule has 0 saturated carbocycles. The summed E-state index contributed by atoms with van der Waals surface area (Å²) in [7, 11) is 0. The number of hydrogen-bond donors (Lipinski definition) is 2. The van der Waals surface area contributed by atoms with Gasteiger partial charge >= 0.3 is 0 Å². The molecule has 15 heavy (non-hydrogen) atoms. The molecule has 2 amide bonds. The van der Waals surface area contributed by atoms with Gasteiger partial charge in [0.2, 0.25) is 11.8 Å². The Kier molecular flexibility index (Phi) is 4.05. The van der Waals surface area contributed by atoms with Crippen LogP contribution in [0.1, 0.15) is 6.92 Å². The van der Waals surface area contributed by atoms with E-state index in [0.717, 1.165) is 13.1 Å². The van der Waals surface area contributed by atoms with Crippen molar-refractivity contribution in [3.05, 3.63) is 0 Å². The largest absolute Gasteiger partial charge is 0.368 e. The molecule has 4 N–H and O–H groups in total. The van der Waals surface area contributed by atoms with Crippen molar-refractivity contribution in [2.24, 2.45) is 11.5 Å². The average molecular weight is 214 g/mol. The number of amides is 2. The van der Waals surface area contributed by atoms with Gasteiger partial charge in [-0.2, -0.15) is 0 Å². The van der Waals surface area contributed by atoms with Crippen LogP contribution in [0.15, 0.2) is 0 Å². The van der Waals surface area contributed by atoms with Crippen LogP contribution in [0.5, 0.6) is 0 Å². The molecule has 6 nitrogen and oxygen atoms in total. The minimum atomic E-state index is -0.617. The Hall–Kier alpha value is -1.14. The Morgan fingerprint density at radius 1 is 1.27 bits per heavy atom. The molecule has 0 bridgehead atoms. The molecule has 1 saturated heterocycles. The van der Waals surface area contributed by atoms with Crippen LogP contribution in [0.2, 0.25) is 0 Å². The minimum absolute atomic E-state index is 0.0915. The molecule has 1 rings (SSSR count). The number of carbonyl (C=O) groups excluding carboxylic acids is 2. The second-order valence-corrected chi connectivity index (χ2v) is 3.82. The Morgan fingerprint density at radius 3 is 2.20 bits per heavy atom. The van der Waals surface area contributed by atoms with E-state index in [9.17, 15) is 9.59 Å². The van der Waals surface area contributed by atoms with Crippen molar-refractivity contribution in [1.82, 2.24) is 9.80 Å². The highest BCUT2D eigenvalue weighted by Crippen LogP contribution is 2.02. The quantitative estimate of drug-likeness (QED) is 0.566. The lowest BCUT2D eigenvalue weighted by atomic mass is 10.2. The van der Waals surface area contributed by atoms with Crippen molar-refractivity contribution in [1.29, 1.82) is 0 Å². The van der Waals surface area contributed by atoms with E-state index < -0.39 is 11.9 Å². The van der Waals surface area contributed by atoms with Gasteiger partial charge in [0, 0.05) is 39.6 Å². The standard InChI is InChI=1S/C9H18N4O2/c1-7(14)13-4-2-12(3-5-13)6-8(10)9(11)15/h8H,2-6,10H2,1H3,(H2,11,15). The fourth-order valence-corrected chi connectivity index (χ4v) is 1.61. The number of rotatable bonds is 3. The summed E-state index contributed by atoms with van der Waals surface area (Å²) in [6.45, 7) is 4.93. The van der Waals surface area contributed by atoms with Crippen LogP contribution in [0.3, 0.4) is 0 Å². The van der Waals surface area contributed by atoms with Gasteiger partial charge in [-0.05, 0) is 0 Å². The molecule has 1 heterocycles. The molecule has 86 valence electrons. The molecular formula is C9H18N4O2. The number of hydrogen-bond acceptors (Lipinski definition) is 4. The Balaban J connectivity index is 2.31. The summed E-state index contributed by atoms with van der Waals surface area (Å²) in [6, 6.07) is -0.617. The third kappa shape index (κ3) is 3.49. The van der Waals surface area contributed by atoms with E-state index in [2.05, 4.69) is 4.90 Å². The fraction of sp³-hybridized carbons (Fsp3) is 0.778. The second-order valence-electron chi connectivity index (χ2n) is 3.82. The number of piperazine rings is 1. The first-order valence-corrected chi connectivity index (χ1v) is 5.03. The zero-order chi connectivity index (χ0) is 11.4. The first-order valence-electron chi connectivity index (χ1n) is 5.03. The van der Waals surface area contributed by atoms with Gasteiger partial charge < -0.3 is 16.4 Å². The van der Waals surface area contributed by atoms with Crippen LogP contribution in [0, 0.1) is 0 Å². The highest BCUT2D eigenvalue weighted by atomic mass is 16.2. The van der Waals surface area contributed by atoms with Crippen molar-refractivity contribution in [3.63, 3.8) is 0 Å². The Morgan fingerprint density at radius 2 is 1.80 bits per heavy atom. The highest BCUT2D eigenvalue weighted by Gasteiger charge is 2.21. The summed E-state index contributed by atoms with van der Waals surface area (Å²) < 4.78 is 0. The molecule has 0 aromatic heterocycles.